The number of anilines is 2. The highest BCUT2D eigenvalue weighted by molar-refractivity contribution is 7.93. The van der Waals surface area contributed by atoms with E-state index in [9.17, 15) is 13.2 Å². The van der Waals surface area contributed by atoms with Crippen LogP contribution in [0.2, 0.25) is 0 Å². The number of nitrogens with zero attached hydrogens (tertiary/aromatic N) is 3. The van der Waals surface area contributed by atoms with Crippen molar-refractivity contribution in [2.24, 2.45) is 0 Å². The van der Waals surface area contributed by atoms with E-state index >= 15 is 0 Å². The summed E-state index contributed by atoms with van der Waals surface area (Å²) >= 11 is 0. The largest absolute Gasteiger partial charge is 0.495 e. The number of sulfonamides is 1. The Labute approximate surface area is 219 Å². The van der Waals surface area contributed by atoms with Crippen LogP contribution in [0.3, 0.4) is 0 Å². The molecule has 0 saturated carbocycles. The van der Waals surface area contributed by atoms with Gasteiger partial charge in [-0.25, -0.2) is 8.42 Å². The van der Waals surface area contributed by atoms with Crippen LogP contribution in [-0.2, 0) is 14.8 Å². The molecule has 0 radical (unpaired) electrons. The lowest BCUT2D eigenvalue weighted by Crippen LogP contribution is -2.52. The zero-order chi connectivity index (χ0) is 26.6. The van der Waals surface area contributed by atoms with E-state index in [2.05, 4.69) is 4.90 Å². The molecule has 4 rings (SSSR count). The van der Waals surface area contributed by atoms with Crippen LogP contribution in [0.25, 0.3) is 0 Å². The maximum Gasteiger partial charge on any atom is 0.268 e. The molecular weight excluding hydrogens is 490 g/mol. The van der Waals surface area contributed by atoms with Gasteiger partial charge in [0.1, 0.15) is 22.9 Å². The lowest BCUT2D eigenvalue weighted by Gasteiger charge is -2.37. The van der Waals surface area contributed by atoms with Gasteiger partial charge in [0.2, 0.25) is 5.91 Å². The van der Waals surface area contributed by atoms with Crippen molar-refractivity contribution >= 4 is 27.3 Å². The molecule has 37 heavy (non-hydrogen) atoms. The van der Waals surface area contributed by atoms with E-state index in [1.165, 1.54) is 11.4 Å². The Morgan fingerprint density at radius 1 is 0.838 bits per heavy atom. The fraction of sp³-hybridized carbons (Fsp3) is 0.321. The molecule has 9 heteroatoms. The molecule has 1 aliphatic rings. The number of para-hydroxylation sites is 2. The highest BCUT2D eigenvalue weighted by atomic mass is 32.2. The molecule has 1 aliphatic heterocycles. The summed E-state index contributed by atoms with van der Waals surface area (Å²) < 4.78 is 40.0. The van der Waals surface area contributed by atoms with Gasteiger partial charge in [-0.05, 0) is 61.4 Å². The molecule has 0 aliphatic carbocycles. The van der Waals surface area contributed by atoms with Crippen molar-refractivity contribution in [3.05, 3.63) is 77.9 Å². The molecule has 0 bridgehead atoms. The zero-order valence-electron chi connectivity index (χ0n) is 21.7. The van der Waals surface area contributed by atoms with E-state index in [1.807, 2.05) is 44.2 Å². The summed E-state index contributed by atoms with van der Waals surface area (Å²) in [6.07, 6.45) is 0. The van der Waals surface area contributed by atoms with Crippen molar-refractivity contribution in [1.82, 2.24) is 4.90 Å². The maximum atomic E-state index is 14.0. The Morgan fingerprint density at radius 3 is 2.19 bits per heavy atom. The van der Waals surface area contributed by atoms with Crippen molar-refractivity contribution in [3.8, 4) is 11.5 Å². The normalized spacial score (nSPS) is 13.8. The minimum absolute atomic E-state index is 0.0327. The van der Waals surface area contributed by atoms with Crippen molar-refractivity contribution in [3.63, 3.8) is 0 Å². The van der Waals surface area contributed by atoms with Gasteiger partial charge in [0.15, 0.2) is 0 Å². The molecule has 0 unspecified atom stereocenters. The van der Waals surface area contributed by atoms with Crippen molar-refractivity contribution < 1.29 is 22.7 Å². The first-order chi connectivity index (χ1) is 17.7. The molecule has 0 N–H and O–H groups in total. The minimum Gasteiger partial charge on any atom is -0.495 e. The number of methoxy groups -OCH3 is 2. The second-order valence-electron chi connectivity index (χ2n) is 9.04. The van der Waals surface area contributed by atoms with Gasteiger partial charge < -0.3 is 19.3 Å². The Bertz CT molecular complexity index is 1370. The Balaban J connectivity index is 1.59. The highest BCUT2D eigenvalue weighted by Crippen LogP contribution is 2.32. The number of benzene rings is 3. The topological polar surface area (TPSA) is 79.4 Å². The van der Waals surface area contributed by atoms with Gasteiger partial charge >= 0.3 is 0 Å². The summed E-state index contributed by atoms with van der Waals surface area (Å²) in [4.78, 5) is 17.4. The van der Waals surface area contributed by atoms with Gasteiger partial charge in [-0.15, -0.1) is 0 Å². The van der Waals surface area contributed by atoms with Gasteiger partial charge in [0.25, 0.3) is 10.0 Å². The van der Waals surface area contributed by atoms with Crippen LogP contribution in [0.15, 0.2) is 71.6 Å². The van der Waals surface area contributed by atoms with Gasteiger partial charge in [-0.1, -0.05) is 30.3 Å². The number of piperazine rings is 1. The molecule has 1 saturated heterocycles. The molecule has 1 heterocycles. The third-order valence-corrected chi connectivity index (χ3v) is 8.31. The zero-order valence-corrected chi connectivity index (χ0v) is 22.5. The molecule has 0 atom stereocenters. The monoisotopic (exact) mass is 523 g/mol. The predicted molar refractivity (Wildman–Crippen MR) is 145 cm³/mol. The van der Waals surface area contributed by atoms with Gasteiger partial charge in [0.05, 0.1) is 25.6 Å². The minimum atomic E-state index is -4.10. The lowest BCUT2D eigenvalue weighted by molar-refractivity contribution is -0.129. The highest BCUT2D eigenvalue weighted by Gasteiger charge is 2.32. The van der Waals surface area contributed by atoms with Crippen molar-refractivity contribution in [2.75, 3.05) is 56.1 Å². The molecule has 0 aromatic heterocycles. The number of ether oxygens (including phenoxy) is 2. The smallest absolute Gasteiger partial charge is 0.268 e. The summed E-state index contributed by atoms with van der Waals surface area (Å²) in [5, 5.41) is 0. The summed E-state index contributed by atoms with van der Waals surface area (Å²) in [6, 6.07) is 20.0. The third-order valence-electron chi connectivity index (χ3n) is 6.51. The third kappa shape index (κ3) is 5.67. The van der Waals surface area contributed by atoms with E-state index in [0.29, 0.717) is 31.9 Å². The van der Waals surface area contributed by atoms with Crippen LogP contribution in [-0.4, -0.2) is 66.2 Å². The second-order valence-corrected chi connectivity index (χ2v) is 10.9. The van der Waals surface area contributed by atoms with E-state index in [0.717, 1.165) is 22.6 Å². The quantitative estimate of drug-likeness (QED) is 0.446. The number of hydrogen-bond acceptors (Lipinski definition) is 6. The van der Waals surface area contributed by atoms with E-state index in [4.69, 9.17) is 9.47 Å². The average Bonchev–Trinajstić information content (AvgIpc) is 2.91. The molecule has 8 nitrogen and oxygen atoms in total. The van der Waals surface area contributed by atoms with Crippen LogP contribution < -0.4 is 18.7 Å². The summed E-state index contributed by atoms with van der Waals surface area (Å²) in [5.41, 5.74) is 3.09. The standard InChI is InChI=1S/C28H33N3O5S/c1-21-8-7-9-23(18-21)31(37(33,34)27-19-22(2)12-13-26(27)36-4)20-28(32)30-16-14-29(15-17-30)24-10-5-6-11-25(24)35-3/h5-13,18-19H,14-17,20H2,1-4H3. The van der Waals surface area contributed by atoms with Crippen LogP contribution in [0.5, 0.6) is 11.5 Å². The van der Waals surface area contributed by atoms with Crippen LogP contribution >= 0.6 is 0 Å². The Kier molecular flexibility index (Phi) is 7.92. The van der Waals surface area contributed by atoms with Crippen LogP contribution in [0, 0.1) is 13.8 Å². The number of carbonyl (C=O) groups excluding carboxylic acids is 1. The van der Waals surface area contributed by atoms with Crippen LogP contribution in [0.1, 0.15) is 11.1 Å². The number of hydrogen-bond donors (Lipinski definition) is 0. The fourth-order valence-corrected chi connectivity index (χ4v) is 6.16. The molecule has 196 valence electrons. The molecule has 1 amide bonds. The predicted octanol–water partition coefficient (Wildman–Crippen LogP) is 3.86. The van der Waals surface area contributed by atoms with Gasteiger partial charge in [-0.2, -0.15) is 0 Å². The number of rotatable bonds is 8. The first-order valence-electron chi connectivity index (χ1n) is 12.1. The Morgan fingerprint density at radius 2 is 1.51 bits per heavy atom. The van der Waals surface area contributed by atoms with Crippen LogP contribution in [0.4, 0.5) is 11.4 Å². The maximum absolute atomic E-state index is 14.0. The summed E-state index contributed by atoms with van der Waals surface area (Å²) in [6.45, 7) is 5.60. The molecule has 3 aromatic rings. The van der Waals surface area contributed by atoms with Gasteiger partial charge in [-0.3, -0.25) is 9.10 Å². The number of amides is 1. The number of aryl methyl sites for hydroxylation is 2. The average molecular weight is 524 g/mol. The Hall–Kier alpha value is -3.72. The SMILES string of the molecule is COc1ccccc1N1CCN(C(=O)CN(c2cccc(C)c2)S(=O)(=O)c2cc(C)ccc2OC)CC1. The first kappa shape index (κ1) is 26.3. The fourth-order valence-electron chi connectivity index (χ4n) is 4.51. The molecule has 0 spiro atoms. The molecular formula is C28H33N3O5S. The molecule has 1 fully saturated rings. The van der Waals surface area contributed by atoms with E-state index < -0.39 is 10.0 Å². The van der Waals surface area contributed by atoms with Crippen molar-refractivity contribution in [1.29, 1.82) is 0 Å². The molecule has 3 aromatic carbocycles. The van der Waals surface area contributed by atoms with Crippen molar-refractivity contribution in [2.45, 2.75) is 18.7 Å². The summed E-state index contributed by atoms with van der Waals surface area (Å²) in [5.74, 6) is 0.767. The van der Waals surface area contributed by atoms with E-state index in [1.54, 1.807) is 48.4 Å². The number of carbonyl (C=O) groups is 1. The van der Waals surface area contributed by atoms with E-state index in [-0.39, 0.29) is 23.1 Å². The first-order valence-corrected chi connectivity index (χ1v) is 13.6. The lowest BCUT2D eigenvalue weighted by atomic mass is 10.2. The van der Waals surface area contributed by atoms with Gasteiger partial charge in [0, 0.05) is 26.2 Å². The summed E-state index contributed by atoms with van der Waals surface area (Å²) in [7, 11) is -1.02. The second kappa shape index (κ2) is 11.1.